The molecule has 28 heavy (non-hydrogen) atoms. The number of rotatable bonds is 7. The van der Waals surface area contributed by atoms with Gasteiger partial charge in [0.05, 0.1) is 11.4 Å². The van der Waals surface area contributed by atoms with E-state index in [1.54, 1.807) is 0 Å². The van der Waals surface area contributed by atoms with Crippen molar-refractivity contribution in [2.75, 3.05) is 11.1 Å². The first-order valence-corrected chi connectivity index (χ1v) is 9.84. The van der Waals surface area contributed by atoms with Crippen LogP contribution in [0.3, 0.4) is 0 Å². The Kier molecular flexibility index (Phi) is 6.41. The quantitative estimate of drug-likeness (QED) is 0.584. The molecule has 0 saturated carbocycles. The molecular formula is C20H20F2N4OS. The Bertz CT molecular complexity index is 990. The fourth-order valence-electron chi connectivity index (χ4n) is 2.73. The summed E-state index contributed by atoms with van der Waals surface area (Å²) < 4.78 is 28.9. The van der Waals surface area contributed by atoms with Gasteiger partial charge in [0.15, 0.2) is 11.0 Å². The highest BCUT2D eigenvalue weighted by molar-refractivity contribution is 7.99. The zero-order valence-corrected chi connectivity index (χ0v) is 16.4. The summed E-state index contributed by atoms with van der Waals surface area (Å²) in [6, 6.07) is 10.9. The van der Waals surface area contributed by atoms with Gasteiger partial charge in [-0.25, -0.2) is 8.78 Å². The molecule has 146 valence electrons. The number of nitrogens with zero attached hydrogens (tertiary/aromatic N) is 3. The van der Waals surface area contributed by atoms with E-state index in [1.165, 1.54) is 11.8 Å². The van der Waals surface area contributed by atoms with Crippen molar-refractivity contribution in [3.8, 4) is 11.4 Å². The molecule has 0 aliphatic carbocycles. The van der Waals surface area contributed by atoms with Gasteiger partial charge < -0.3 is 9.88 Å². The average Bonchev–Trinajstić information content (AvgIpc) is 3.06. The van der Waals surface area contributed by atoms with Gasteiger partial charge in [-0.2, -0.15) is 0 Å². The predicted octanol–water partition coefficient (Wildman–Crippen LogP) is 4.67. The number of aryl methyl sites for hydroxylation is 1. The third-order valence-electron chi connectivity index (χ3n) is 3.98. The summed E-state index contributed by atoms with van der Waals surface area (Å²) in [6.07, 6.45) is 0.880. The molecule has 1 N–H and O–H groups in total. The Morgan fingerprint density at radius 2 is 2.00 bits per heavy atom. The minimum Gasteiger partial charge on any atom is -0.323 e. The molecule has 5 nitrogen and oxygen atoms in total. The second-order valence-electron chi connectivity index (χ2n) is 6.29. The zero-order chi connectivity index (χ0) is 20.1. The predicted molar refractivity (Wildman–Crippen MR) is 106 cm³/mol. The first kappa shape index (κ1) is 20.0. The molecule has 0 saturated heterocycles. The lowest BCUT2D eigenvalue weighted by molar-refractivity contribution is -0.113. The highest BCUT2D eigenvalue weighted by Crippen LogP contribution is 2.25. The fraction of sp³-hybridized carbons (Fsp3) is 0.250. The molecule has 1 heterocycles. The van der Waals surface area contributed by atoms with Gasteiger partial charge >= 0.3 is 0 Å². The summed E-state index contributed by atoms with van der Waals surface area (Å²) in [6.45, 7) is 4.77. The molecule has 0 atom stereocenters. The van der Waals surface area contributed by atoms with Crippen LogP contribution < -0.4 is 5.32 Å². The number of nitrogens with one attached hydrogen (secondary N) is 1. The molecule has 0 unspecified atom stereocenters. The lowest BCUT2D eigenvalue weighted by atomic mass is 10.1. The molecule has 3 aromatic rings. The van der Waals surface area contributed by atoms with Crippen molar-refractivity contribution >= 4 is 23.4 Å². The van der Waals surface area contributed by atoms with Crippen molar-refractivity contribution in [1.82, 2.24) is 14.8 Å². The summed E-state index contributed by atoms with van der Waals surface area (Å²) >= 11 is 1.21. The largest absolute Gasteiger partial charge is 0.323 e. The van der Waals surface area contributed by atoms with Crippen LogP contribution in [0.5, 0.6) is 0 Å². The van der Waals surface area contributed by atoms with Crippen LogP contribution in [-0.2, 0) is 11.3 Å². The fourth-order valence-corrected chi connectivity index (χ4v) is 3.49. The van der Waals surface area contributed by atoms with Crippen molar-refractivity contribution in [1.29, 1.82) is 0 Å². The maximum Gasteiger partial charge on any atom is 0.234 e. The topological polar surface area (TPSA) is 59.8 Å². The normalized spacial score (nSPS) is 10.9. The van der Waals surface area contributed by atoms with Crippen LogP contribution in [-0.4, -0.2) is 26.4 Å². The molecule has 1 amide bonds. The molecule has 0 radical (unpaired) electrons. The highest BCUT2D eigenvalue weighted by Gasteiger charge is 2.16. The first-order valence-electron chi connectivity index (χ1n) is 8.86. The summed E-state index contributed by atoms with van der Waals surface area (Å²) in [4.78, 5) is 12.2. The zero-order valence-electron chi connectivity index (χ0n) is 15.6. The summed E-state index contributed by atoms with van der Waals surface area (Å²) in [5.74, 6) is -1.00. The van der Waals surface area contributed by atoms with E-state index in [0.717, 1.165) is 41.6 Å². The van der Waals surface area contributed by atoms with E-state index in [4.69, 9.17) is 0 Å². The lowest BCUT2D eigenvalue weighted by Crippen LogP contribution is -2.16. The van der Waals surface area contributed by atoms with Crippen LogP contribution in [0.4, 0.5) is 14.5 Å². The summed E-state index contributed by atoms with van der Waals surface area (Å²) in [5.41, 5.74) is 1.90. The molecule has 2 aromatic carbocycles. The number of carbonyl (C=O) groups excluding carboxylic acids is 1. The summed E-state index contributed by atoms with van der Waals surface area (Å²) in [7, 11) is 0. The number of amides is 1. The van der Waals surface area contributed by atoms with Crippen LogP contribution in [0.15, 0.2) is 47.6 Å². The third-order valence-corrected chi connectivity index (χ3v) is 4.94. The number of thioether (sulfide) groups is 1. The Hall–Kier alpha value is -2.74. The van der Waals surface area contributed by atoms with E-state index in [2.05, 4.69) is 15.5 Å². The van der Waals surface area contributed by atoms with Gasteiger partial charge in [0.1, 0.15) is 11.6 Å². The van der Waals surface area contributed by atoms with Crippen LogP contribution in [0.1, 0.15) is 18.9 Å². The third kappa shape index (κ3) is 4.75. The number of hydrogen-bond acceptors (Lipinski definition) is 4. The van der Waals surface area contributed by atoms with Gasteiger partial charge in [0, 0.05) is 18.2 Å². The molecule has 0 spiro atoms. The number of halogens is 2. The van der Waals surface area contributed by atoms with E-state index < -0.39 is 17.5 Å². The van der Waals surface area contributed by atoms with Crippen molar-refractivity contribution < 1.29 is 13.6 Å². The van der Waals surface area contributed by atoms with Crippen LogP contribution in [0.2, 0.25) is 0 Å². The van der Waals surface area contributed by atoms with Crippen LogP contribution >= 0.6 is 11.8 Å². The molecule has 0 aliphatic rings. The maximum atomic E-state index is 13.7. The standard InChI is InChI=1S/C20H20F2N4OS/c1-3-9-26-19(14-6-4-5-13(2)10-14)24-25-20(26)28-12-18(27)23-17-11-15(21)7-8-16(17)22/h4-8,10-11H,3,9,12H2,1-2H3,(H,23,27). The van der Waals surface area contributed by atoms with Gasteiger partial charge in [-0.05, 0) is 31.5 Å². The van der Waals surface area contributed by atoms with E-state index in [0.29, 0.717) is 11.7 Å². The molecule has 0 fully saturated rings. The van der Waals surface area contributed by atoms with Gasteiger partial charge in [-0.3, -0.25) is 4.79 Å². The van der Waals surface area contributed by atoms with Crippen molar-refractivity contribution in [3.63, 3.8) is 0 Å². The molecule has 0 bridgehead atoms. The van der Waals surface area contributed by atoms with E-state index in [-0.39, 0.29) is 11.4 Å². The highest BCUT2D eigenvalue weighted by atomic mass is 32.2. The van der Waals surface area contributed by atoms with Crippen LogP contribution in [0, 0.1) is 18.6 Å². The van der Waals surface area contributed by atoms with Gasteiger partial charge in [0.2, 0.25) is 5.91 Å². The van der Waals surface area contributed by atoms with Crippen molar-refractivity contribution in [3.05, 3.63) is 59.7 Å². The van der Waals surface area contributed by atoms with Gasteiger partial charge in [-0.1, -0.05) is 42.4 Å². The van der Waals surface area contributed by atoms with Crippen molar-refractivity contribution in [2.24, 2.45) is 0 Å². The Labute approximate surface area is 166 Å². The molecule has 1 aromatic heterocycles. The molecule has 3 rings (SSSR count). The Morgan fingerprint density at radius 1 is 1.18 bits per heavy atom. The number of carbonyl (C=O) groups is 1. The molecule has 0 aliphatic heterocycles. The second kappa shape index (κ2) is 8.97. The number of benzene rings is 2. The maximum absolute atomic E-state index is 13.7. The SMILES string of the molecule is CCCn1c(SCC(=O)Nc2cc(F)ccc2F)nnc1-c1cccc(C)c1. The van der Waals surface area contributed by atoms with E-state index in [1.807, 2.05) is 42.7 Å². The molecular weight excluding hydrogens is 382 g/mol. The van der Waals surface area contributed by atoms with E-state index in [9.17, 15) is 13.6 Å². The minimum absolute atomic E-state index is 0.00557. The second-order valence-corrected chi connectivity index (χ2v) is 7.23. The van der Waals surface area contributed by atoms with Gasteiger partial charge in [0.25, 0.3) is 0 Å². The lowest BCUT2D eigenvalue weighted by Gasteiger charge is -2.10. The minimum atomic E-state index is -0.685. The smallest absolute Gasteiger partial charge is 0.234 e. The number of aromatic nitrogens is 3. The Morgan fingerprint density at radius 3 is 2.75 bits per heavy atom. The van der Waals surface area contributed by atoms with Gasteiger partial charge in [-0.15, -0.1) is 10.2 Å². The first-order chi connectivity index (χ1) is 13.5. The van der Waals surface area contributed by atoms with E-state index >= 15 is 0 Å². The Balaban J connectivity index is 1.73. The average molecular weight is 402 g/mol. The molecule has 8 heteroatoms. The van der Waals surface area contributed by atoms with Crippen LogP contribution in [0.25, 0.3) is 11.4 Å². The van der Waals surface area contributed by atoms with Crippen molar-refractivity contribution in [2.45, 2.75) is 32.0 Å². The summed E-state index contributed by atoms with van der Waals surface area (Å²) in [5, 5.41) is 11.5. The number of anilines is 1. The monoisotopic (exact) mass is 402 g/mol. The number of hydrogen-bond donors (Lipinski definition) is 1.